The average Bonchev–Trinajstić information content (AvgIpc) is 2.43. The third kappa shape index (κ3) is 3.33. The zero-order valence-corrected chi connectivity index (χ0v) is 11.3. The second-order valence-corrected chi connectivity index (χ2v) is 4.22. The highest BCUT2D eigenvalue weighted by molar-refractivity contribution is 6.42. The highest BCUT2D eigenvalue weighted by Gasteiger charge is 2.08. The van der Waals surface area contributed by atoms with Crippen LogP contribution in [0.15, 0.2) is 30.6 Å². The first-order chi connectivity index (χ1) is 9.10. The van der Waals surface area contributed by atoms with Crippen LogP contribution < -0.4 is 4.74 Å². The standard InChI is InChI=1S/C12H8Cl2N2O3/c1-18-12(17)10-5-16-11(6-15-10)19-7-2-3-8(13)9(14)4-7/h2-6H,1H3. The predicted octanol–water partition coefficient (Wildman–Crippen LogP) is 3.36. The molecule has 0 fully saturated rings. The third-order valence-electron chi connectivity index (χ3n) is 2.14. The van der Waals surface area contributed by atoms with E-state index in [1.807, 2.05) is 0 Å². The van der Waals surface area contributed by atoms with Crippen LogP contribution in [0.25, 0.3) is 0 Å². The Balaban J connectivity index is 2.15. The van der Waals surface area contributed by atoms with Crippen LogP contribution in [0.1, 0.15) is 10.5 Å². The highest BCUT2D eigenvalue weighted by Crippen LogP contribution is 2.28. The number of carbonyl (C=O) groups is 1. The number of halogens is 2. The summed E-state index contributed by atoms with van der Waals surface area (Å²) in [5, 5.41) is 0.805. The smallest absolute Gasteiger partial charge is 0.358 e. The van der Waals surface area contributed by atoms with Gasteiger partial charge in [-0.1, -0.05) is 23.2 Å². The van der Waals surface area contributed by atoms with Gasteiger partial charge in [0.2, 0.25) is 5.88 Å². The van der Waals surface area contributed by atoms with Gasteiger partial charge in [-0.05, 0) is 12.1 Å². The summed E-state index contributed by atoms with van der Waals surface area (Å²) in [6.45, 7) is 0. The maximum atomic E-state index is 11.2. The van der Waals surface area contributed by atoms with Crippen LogP contribution in [-0.4, -0.2) is 23.0 Å². The number of methoxy groups -OCH3 is 1. The molecule has 0 radical (unpaired) electrons. The van der Waals surface area contributed by atoms with Crippen LogP contribution in [0, 0.1) is 0 Å². The number of hydrogen-bond acceptors (Lipinski definition) is 5. The van der Waals surface area contributed by atoms with Crippen molar-refractivity contribution in [3.05, 3.63) is 46.3 Å². The van der Waals surface area contributed by atoms with Gasteiger partial charge in [0, 0.05) is 6.07 Å². The Morgan fingerprint density at radius 2 is 1.95 bits per heavy atom. The van der Waals surface area contributed by atoms with Gasteiger partial charge in [-0.15, -0.1) is 0 Å². The first-order valence-electron chi connectivity index (χ1n) is 5.13. The lowest BCUT2D eigenvalue weighted by molar-refractivity contribution is 0.0593. The van der Waals surface area contributed by atoms with Crippen LogP contribution in [-0.2, 0) is 4.74 Å². The predicted molar refractivity (Wildman–Crippen MR) is 69.9 cm³/mol. The van der Waals surface area contributed by atoms with Crippen LogP contribution in [0.3, 0.4) is 0 Å². The van der Waals surface area contributed by atoms with Gasteiger partial charge in [0.05, 0.1) is 29.5 Å². The van der Waals surface area contributed by atoms with Crippen molar-refractivity contribution >= 4 is 29.2 Å². The Morgan fingerprint density at radius 3 is 2.53 bits per heavy atom. The average molecular weight is 299 g/mol. The van der Waals surface area contributed by atoms with Crippen LogP contribution in [0.5, 0.6) is 11.6 Å². The second kappa shape index (κ2) is 5.86. The molecular weight excluding hydrogens is 291 g/mol. The van der Waals surface area contributed by atoms with Gasteiger partial charge in [0.1, 0.15) is 5.75 Å². The summed E-state index contributed by atoms with van der Waals surface area (Å²) < 4.78 is 9.92. The molecule has 0 bridgehead atoms. The maximum Gasteiger partial charge on any atom is 0.358 e. The third-order valence-corrected chi connectivity index (χ3v) is 2.88. The van der Waals surface area contributed by atoms with E-state index in [1.165, 1.54) is 19.5 Å². The molecule has 0 aliphatic rings. The summed E-state index contributed by atoms with van der Waals surface area (Å²) in [6, 6.07) is 4.80. The minimum absolute atomic E-state index is 0.101. The molecule has 1 aromatic carbocycles. The first kappa shape index (κ1) is 13.6. The lowest BCUT2D eigenvalue weighted by Gasteiger charge is -2.05. The van der Waals surface area contributed by atoms with E-state index in [0.717, 1.165) is 0 Å². The molecule has 0 aliphatic heterocycles. The van der Waals surface area contributed by atoms with E-state index in [-0.39, 0.29) is 11.6 Å². The largest absolute Gasteiger partial charge is 0.464 e. The molecule has 5 nitrogen and oxygen atoms in total. The minimum atomic E-state index is -0.561. The van der Waals surface area contributed by atoms with Crippen molar-refractivity contribution in [2.75, 3.05) is 7.11 Å². The van der Waals surface area contributed by atoms with E-state index in [9.17, 15) is 4.79 Å². The van der Waals surface area contributed by atoms with Crippen LogP contribution >= 0.6 is 23.2 Å². The fourth-order valence-electron chi connectivity index (χ4n) is 1.24. The molecule has 0 unspecified atom stereocenters. The highest BCUT2D eigenvalue weighted by atomic mass is 35.5. The number of hydrogen-bond donors (Lipinski definition) is 0. The molecule has 2 aromatic rings. The molecule has 0 N–H and O–H groups in total. The molecule has 2 rings (SSSR count). The summed E-state index contributed by atoms with van der Waals surface area (Å²) in [5.41, 5.74) is 0.101. The molecule has 1 aromatic heterocycles. The van der Waals surface area contributed by atoms with Crippen LogP contribution in [0.4, 0.5) is 0 Å². The zero-order chi connectivity index (χ0) is 13.8. The quantitative estimate of drug-likeness (QED) is 0.813. The van der Waals surface area contributed by atoms with Crippen molar-refractivity contribution in [2.24, 2.45) is 0 Å². The van der Waals surface area contributed by atoms with Crippen molar-refractivity contribution in [3.8, 4) is 11.6 Å². The normalized spacial score (nSPS) is 10.1. The van der Waals surface area contributed by atoms with Gasteiger partial charge in [0.15, 0.2) is 5.69 Å². The second-order valence-electron chi connectivity index (χ2n) is 3.41. The number of aromatic nitrogens is 2. The van der Waals surface area contributed by atoms with E-state index in [2.05, 4.69) is 14.7 Å². The lowest BCUT2D eigenvalue weighted by Crippen LogP contribution is -2.04. The number of benzene rings is 1. The fraction of sp³-hybridized carbons (Fsp3) is 0.0833. The SMILES string of the molecule is COC(=O)c1cnc(Oc2ccc(Cl)c(Cl)c2)cn1. The molecule has 1 heterocycles. The van der Waals surface area contributed by atoms with E-state index in [4.69, 9.17) is 27.9 Å². The number of carbonyl (C=O) groups excluding carboxylic acids is 1. The Bertz CT molecular complexity index is 602. The van der Waals surface area contributed by atoms with Crippen molar-refractivity contribution in [3.63, 3.8) is 0 Å². The number of esters is 1. The summed E-state index contributed by atoms with van der Waals surface area (Å²) in [4.78, 5) is 19.0. The molecule has 0 atom stereocenters. The van der Waals surface area contributed by atoms with Gasteiger partial charge in [-0.2, -0.15) is 0 Å². The zero-order valence-electron chi connectivity index (χ0n) is 9.76. The Labute approximate surface area is 119 Å². The fourth-order valence-corrected chi connectivity index (χ4v) is 1.53. The molecule has 0 saturated carbocycles. The van der Waals surface area contributed by atoms with Crippen molar-refractivity contribution < 1.29 is 14.3 Å². The molecule has 0 spiro atoms. The number of nitrogens with zero attached hydrogens (tertiary/aromatic N) is 2. The molecule has 0 amide bonds. The molecule has 98 valence electrons. The minimum Gasteiger partial charge on any atom is -0.464 e. The van der Waals surface area contributed by atoms with Gasteiger partial charge >= 0.3 is 5.97 Å². The van der Waals surface area contributed by atoms with E-state index in [0.29, 0.717) is 15.8 Å². The van der Waals surface area contributed by atoms with Gasteiger partial charge in [-0.3, -0.25) is 0 Å². The monoisotopic (exact) mass is 298 g/mol. The molecule has 7 heteroatoms. The van der Waals surface area contributed by atoms with E-state index < -0.39 is 5.97 Å². The number of rotatable bonds is 3. The van der Waals surface area contributed by atoms with Crippen molar-refractivity contribution in [1.82, 2.24) is 9.97 Å². The Hall–Kier alpha value is -1.85. The first-order valence-corrected chi connectivity index (χ1v) is 5.89. The van der Waals surface area contributed by atoms with E-state index >= 15 is 0 Å². The van der Waals surface area contributed by atoms with Crippen molar-refractivity contribution in [2.45, 2.75) is 0 Å². The van der Waals surface area contributed by atoms with E-state index in [1.54, 1.807) is 18.2 Å². The Kier molecular flexibility index (Phi) is 4.19. The maximum absolute atomic E-state index is 11.2. The summed E-state index contributed by atoms with van der Waals surface area (Å²) in [5.74, 6) is 0.133. The summed E-state index contributed by atoms with van der Waals surface area (Å²) in [7, 11) is 1.27. The van der Waals surface area contributed by atoms with Gasteiger partial charge in [-0.25, -0.2) is 14.8 Å². The number of ether oxygens (including phenoxy) is 2. The lowest BCUT2D eigenvalue weighted by atomic mass is 10.3. The molecular formula is C12H8Cl2N2O3. The summed E-state index contributed by atoms with van der Waals surface area (Å²) in [6.07, 6.45) is 2.58. The molecule has 0 aliphatic carbocycles. The van der Waals surface area contributed by atoms with Crippen molar-refractivity contribution in [1.29, 1.82) is 0 Å². The topological polar surface area (TPSA) is 61.3 Å². The molecule has 19 heavy (non-hydrogen) atoms. The van der Waals surface area contributed by atoms with Gasteiger partial charge < -0.3 is 9.47 Å². The van der Waals surface area contributed by atoms with Crippen LogP contribution in [0.2, 0.25) is 10.0 Å². The Morgan fingerprint density at radius 1 is 1.16 bits per heavy atom. The summed E-state index contributed by atoms with van der Waals surface area (Å²) >= 11 is 11.6. The molecule has 0 saturated heterocycles. The van der Waals surface area contributed by atoms with Gasteiger partial charge in [0.25, 0.3) is 0 Å².